The lowest BCUT2D eigenvalue weighted by atomic mass is 9.82. The van der Waals surface area contributed by atoms with Gasteiger partial charge in [-0.15, -0.1) is 0 Å². The Hall–Kier alpha value is -2.33. The predicted octanol–water partition coefficient (Wildman–Crippen LogP) is 6.62. The molecule has 3 rings (SSSR count). The molecule has 0 spiro atoms. The van der Waals surface area contributed by atoms with E-state index in [1.165, 1.54) is 37.8 Å². The molecular weight excluding hydrogens is 307 g/mol. The zero-order valence-corrected chi connectivity index (χ0v) is 14.8. The second-order valence-corrected chi connectivity index (χ2v) is 6.80. The molecule has 0 bridgehead atoms. The van der Waals surface area contributed by atoms with Crippen molar-refractivity contribution in [2.45, 2.75) is 39.0 Å². The molecule has 1 aliphatic carbocycles. The van der Waals surface area contributed by atoms with Gasteiger partial charge in [-0.2, -0.15) is 0 Å². The summed E-state index contributed by atoms with van der Waals surface area (Å²) in [7, 11) is 0. The third-order valence-electron chi connectivity index (χ3n) is 4.90. The number of hydrogen-bond acceptors (Lipinski definition) is 0. The Morgan fingerprint density at radius 3 is 2.12 bits per heavy atom. The summed E-state index contributed by atoms with van der Waals surface area (Å²) in [5.74, 6) is 7.88. The fourth-order valence-corrected chi connectivity index (χ4v) is 3.36. The average Bonchev–Trinajstić information content (AvgIpc) is 2.67. The number of benzene rings is 2. The standard InChI is InChI=1S/C24H25F/c1-2-3-4-19-5-7-20(8-6-19)9-10-21-11-13-22(14-12-21)23-15-17-24(25)18-16-23/h3-4,11-20H,2,5-8H2,1H3/b4-3+. The first-order valence-corrected chi connectivity index (χ1v) is 9.29. The summed E-state index contributed by atoms with van der Waals surface area (Å²) in [5, 5.41) is 0. The molecule has 0 saturated heterocycles. The lowest BCUT2D eigenvalue weighted by molar-refractivity contribution is 0.364. The quantitative estimate of drug-likeness (QED) is 0.438. The SMILES string of the molecule is CC/C=C/C1CCC(C#Cc2ccc(-c3ccc(F)cc3)cc2)CC1. The maximum absolute atomic E-state index is 13.0. The molecule has 1 saturated carbocycles. The van der Waals surface area contributed by atoms with Crippen LogP contribution >= 0.6 is 0 Å². The molecule has 128 valence electrons. The first-order valence-electron chi connectivity index (χ1n) is 9.29. The summed E-state index contributed by atoms with van der Waals surface area (Å²) in [4.78, 5) is 0. The van der Waals surface area contributed by atoms with Crippen molar-refractivity contribution in [1.29, 1.82) is 0 Å². The number of allylic oxidation sites excluding steroid dienone is 2. The van der Waals surface area contributed by atoms with Crippen molar-refractivity contribution in [3.8, 4) is 23.0 Å². The summed E-state index contributed by atoms with van der Waals surface area (Å²) in [6.45, 7) is 2.19. The van der Waals surface area contributed by atoms with Crippen LogP contribution in [-0.2, 0) is 0 Å². The van der Waals surface area contributed by atoms with Crippen molar-refractivity contribution >= 4 is 0 Å². The highest BCUT2D eigenvalue weighted by Crippen LogP contribution is 2.29. The Morgan fingerprint density at radius 1 is 0.920 bits per heavy atom. The van der Waals surface area contributed by atoms with Gasteiger partial charge in [0.25, 0.3) is 0 Å². The van der Waals surface area contributed by atoms with E-state index < -0.39 is 0 Å². The molecule has 0 radical (unpaired) electrons. The van der Waals surface area contributed by atoms with Gasteiger partial charge in [-0.25, -0.2) is 4.39 Å². The van der Waals surface area contributed by atoms with Gasteiger partial charge in [0, 0.05) is 11.5 Å². The van der Waals surface area contributed by atoms with Crippen molar-refractivity contribution in [2.75, 3.05) is 0 Å². The Morgan fingerprint density at radius 2 is 1.52 bits per heavy atom. The van der Waals surface area contributed by atoms with E-state index in [0.717, 1.165) is 29.0 Å². The maximum atomic E-state index is 13.0. The second kappa shape index (κ2) is 8.67. The van der Waals surface area contributed by atoms with Crippen LogP contribution in [0.25, 0.3) is 11.1 Å². The molecule has 0 atom stereocenters. The molecule has 0 unspecified atom stereocenters. The van der Waals surface area contributed by atoms with Crippen LogP contribution < -0.4 is 0 Å². The molecule has 2 aromatic rings. The van der Waals surface area contributed by atoms with E-state index in [-0.39, 0.29) is 5.82 Å². The molecule has 0 aromatic heterocycles. The third kappa shape index (κ3) is 5.07. The van der Waals surface area contributed by atoms with E-state index >= 15 is 0 Å². The number of hydrogen-bond donors (Lipinski definition) is 0. The summed E-state index contributed by atoms with van der Waals surface area (Å²) in [6.07, 6.45) is 10.8. The molecule has 1 aliphatic rings. The van der Waals surface area contributed by atoms with Crippen LogP contribution in [-0.4, -0.2) is 0 Å². The van der Waals surface area contributed by atoms with Crippen molar-refractivity contribution in [2.24, 2.45) is 11.8 Å². The molecular formula is C24H25F. The average molecular weight is 332 g/mol. The second-order valence-electron chi connectivity index (χ2n) is 6.80. The molecule has 0 aliphatic heterocycles. The van der Waals surface area contributed by atoms with Crippen LogP contribution in [0.1, 0.15) is 44.6 Å². The minimum Gasteiger partial charge on any atom is -0.207 e. The van der Waals surface area contributed by atoms with Crippen LogP contribution in [0.4, 0.5) is 4.39 Å². The van der Waals surface area contributed by atoms with Gasteiger partial charge in [0.05, 0.1) is 0 Å². The van der Waals surface area contributed by atoms with Gasteiger partial charge < -0.3 is 0 Å². The first kappa shape index (κ1) is 17.5. The van der Waals surface area contributed by atoms with E-state index in [2.05, 4.69) is 55.2 Å². The van der Waals surface area contributed by atoms with Gasteiger partial charge in [-0.1, -0.05) is 55.2 Å². The molecule has 2 aromatic carbocycles. The lowest BCUT2D eigenvalue weighted by Gasteiger charge is -2.23. The molecule has 0 N–H and O–H groups in total. The molecule has 0 heterocycles. The van der Waals surface area contributed by atoms with Gasteiger partial charge >= 0.3 is 0 Å². The van der Waals surface area contributed by atoms with Gasteiger partial charge in [-0.3, -0.25) is 0 Å². The molecule has 0 amide bonds. The van der Waals surface area contributed by atoms with Gasteiger partial charge in [0.2, 0.25) is 0 Å². The lowest BCUT2D eigenvalue weighted by Crippen LogP contribution is -2.11. The smallest absolute Gasteiger partial charge is 0.123 e. The van der Waals surface area contributed by atoms with Gasteiger partial charge in [0.1, 0.15) is 5.82 Å². The van der Waals surface area contributed by atoms with Gasteiger partial charge in [0.15, 0.2) is 0 Å². The fraction of sp³-hybridized carbons (Fsp3) is 0.333. The molecule has 0 nitrogen and oxygen atoms in total. The topological polar surface area (TPSA) is 0 Å². The highest BCUT2D eigenvalue weighted by atomic mass is 19.1. The molecule has 1 heteroatoms. The van der Waals surface area contributed by atoms with Crippen LogP contribution in [0, 0.1) is 29.5 Å². The predicted molar refractivity (Wildman–Crippen MR) is 104 cm³/mol. The summed E-state index contributed by atoms with van der Waals surface area (Å²) in [5.41, 5.74) is 3.17. The Balaban J connectivity index is 1.58. The summed E-state index contributed by atoms with van der Waals surface area (Å²) in [6, 6.07) is 14.8. The van der Waals surface area contributed by atoms with E-state index in [4.69, 9.17) is 0 Å². The molecule has 25 heavy (non-hydrogen) atoms. The number of rotatable bonds is 3. The minimum absolute atomic E-state index is 0.203. The fourth-order valence-electron chi connectivity index (χ4n) is 3.36. The largest absolute Gasteiger partial charge is 0.207 e. The van der Waals surface area contributed by atoms with E-state index in [0.29, 0.717) is 5.92 Å². The van der Waals surface area contributed by atoms with E-state index in [9.17, 15) is 4.39 Å². The van der Waals surface area contributed by atoms with E-state index in [1.54, 1.807) is 12.1 Å². The van der Waals surface area contributed by atoms with E-state index in [1.807, 2.05) is 0 Å². The first-order chi connectivity index (χ1) is 12.2. The van der Waals surface area contributed by atoms with Crippen molar-refractivity contribution in [3.05, 3.63) is 72.1 Å². The number of halogens is 1. The highest BCUT2D eigenvalue weighted by molar-refractivity contribution is 5.64. The van der Waals surface area contributed by atoms with Crippen molar-refractivity contribution in [3.63, 3.8) is 0 Å². The van der Waals surface area contributed by atoms with Crippen LogP contribution in [0.2, 0.25) is 0 Å². The third-order valence-corrected chi connectivity index (χ3v) is 4.90. The van der Waals surface area contributed by atoms with Crippen LogP contribution in [0.5, 0.6) is 0 Å². The van der Waals surface area contributed by atoms with Crippen molar-refractivity contribution < 1.29 is 4.39 Å². The van der Waals surface area contributed by atoms with Crippen LogP contribution in [0.15, 0.2) is 60.7 Å². The van der Waals surface area contributed by atoms with Crippen LogP contribution in [0.3, 0.4) is 0 Å². The Labute approximate surface area is 150 Å². The monoisotopic (exact) mass is 332 g/mol. The Kier molecular flexibility index (Phi) is 6.07. The highest BCUT2D eigenvalue weighted by Gasteiger charge is 2.17. The Bertz CT molecular complexity index is 748. The van der Waals surface area contributed by atoms with Crippen molar-refractivity contribution in [1.82, 2.24) is 0 Å². The zero-order valence-electron chi connectivity index (χ0n) is 14.8. The zero-order chi connectivity index (χ0) is 17.5. The summed E-state index contributed by atoms with van der Waals surface area (Å²) < 4.78 is 13.0. The minimum atomic E-state index is -0.203. The molecule has 1 fully saturated rings. The maximum Gasteiger partial charge on any atom is 0.123 e. The summed E-state index contributed by atoms with van der Waals surface area (Å²) >= 11 is 0. The normalized spacial score (nSPS) is 20.2. The van der Waals surface area contributed by atoms with Gasteiger partial charge in [-0.05, 0) is 73.4 Å².